The number of alkyl halides is 2. The number of hydrogen-bond donors (Lipinski definition) is 2. The molecular formula is C18H24F2N4O4. The van der Waals surface area contributed by atoms with Crippen LogP contribution in [-0.2, 0) is 4.74 Å². The van der Waals surface area contributed by atoms with Crippen LogP contribution in [0.5, 0.6) is 0 Å². The van der Waals surface area contributed by atoms with E-state index in [9.17, 15) is 23.7 Å². The summed E-state index contributed by atoms with van der Waals surface area (Å²) in [5.74, 6) is 0. The number of allylic oxidation sites excluding steroid dienone is 4. The van der Waals surface area contributed by atoms with Gasteiger partial charge in [0.05, 0.1) is 16.2 Å². The van der Waals surface area contributed by atoms with E-state index in [0.29, 0.717) is 25.9 Å². The van der Waals surface area contributed by atoms with Crippen LogP contribution in [0.2, 0.25) is 0 Å². The fourth-order valence-corrected chi connectivity index (χ4v) is 2.84. The molecule has 0 unspecified atom stereocenters. The van der Waals surface area contributed by atoms with Gasteiger partial charge in [0.25, 0.3) is 12.1 Å². The molecule has 0 saturated carbocycles. The molecule has 0 radical (unpaired) electrons. The third-order valence-corrected chi connectivity index (χ3v) is 4.25. The van der Waals surface area contributed by atoms with E-state index in [1.54, 1.807) is 25.7 Å². The molecule has 2 N–H and O–H groups in total. The van der Waals surface area contributed by atoms with Crippen molar-refractivity contribution in [2.75, 3.05) is 13.1 Å². The Morgan fingerprint density at radius 2 is 2.00 bits per heavy atom. The molecule has 0 spiro atoms. The topological polar surface area (TPSA) is 109 Å². The van der Waals surface area contributed by atoms with Gasteiger partial charge in [0.2, 0.25) is 0 Å². The molecule has 154 valence electrons. The maximum absolute atomic E-state index is 12.9. The molecule has 0 aromatic carbocycles. The minimum Gasteiger partial charge on any atom is -0.444 e. The van der Waals surface area contributed by atoms with Crippen molar-refractivity contribution >= 4 is 11.8 Å². The van der Waals surface area contributed by atoms with E-state index in [2.05, 4.69) is 5.32 Å². The first-order chi connectivity index (χ1) is 13.0. The molecule has 1 aliphatic heterocycles. The number of carbonyl (C=O) groups is 1. The first kappa shape index (κ1) is 21.5. The van der Waals surface area contributed by atoms with Crippen molar-refractivity contribution < 1.29 is 23.2 Å². The molecule has 2 aliphatic rings. The Morgan fingerprint density at radius 3 is 2.50 bits per heavy atom. The SMILES string of the molecule is CC(C)(C)OC(=O)N1CCC(N/C=C2/C=C([N+](=O)[O-])C(C(F)F)=CC2=N)CC1. The molecule has 28 heavy (non-hydrogen) atoms. The zero-order chi connectivity index (χ0) is 21.1. The number of nitro groups is 1. The third kappa shape index (κ3) is 5.61. The highest BCUT2D eigenvalue weighted by Crippen LogP contribution is 2.26. The second-order valence-corrected chi connectivity index (χ2v) is 7.61. The molecule has 1 heterocycles. The normalized spacial score (nSPS) is 20.1. The Kier molecular flexibility index (Phi) is 6.52. The number of nitrogens with one attached hydrogen (secondary N) is 2. The summed E-state index contributed by atoms with van der Waals surface area (Å²) < 4.78 is 31.2. The lowest BCUT2D eigenvalue weighted by Crippen LogP contribution is -2.45. The van der Waals surface area contributed by atoms with Gasteiger partial charge in [0, 0.05) is 37.0 Å². The van der Waals surface area contributed by atoms with Gasteiger partial charge in [-0.05, 0) is 39.7 Å². The minimum atomic E-state index is -3.02. The summed E-state index contributed by atoms with van der Waals surface area (Å²) >= 11 is 0. The summed E-state index contributed by atoms with van der Waals surface area (Å²) in [7, 11) is 0. The molecule has 0 aromatic rings. The first-order valence-corrected chi connectivity index (χ1v) is 8.87. The van der Waals surface area contributed by atoms with Crippen LogP contribution in [0.25, 0.3) is 0 Å². The van der Waals surface area contributed by atoms with Crippen LogP contribution in [0.1, 0.15) is 33.6 Å². The molecule has 1 amide bonds. The first-order valence-electron chi connectivity index (χ1n) is 8.87. The van der Waals surface area contributed by atoms with E-state index in [1.165, 1.54) is 6.20 Å². The van der Waals surface area contributed by atoms with Gasteiger partial charge in [0.15, 0.2) is 0 Å². The molecule has 8 nitrogen and oxygen atoms in total. The quantitative estimate of drug-likeness (QED) is 0.558. The fraction of sp³-hybridized carbons (Fsp3) is 0.556. The summed E-state index contributed by atoms with van der Waals surface area (Å²) in [5, 5.41) is 21.9. The second kappa shape index (κ2) is 8.49. The third-order valence-electron chi connectivity index (χ3n) is 4.25. The summed E-state index contributed by atoms with van der Waals surface area (Å²) in [6, 6.07) is -0.00748. The average molecular weight is 398 g/mol. The number of likely N-dealkylation sites (tertiary alicyclic amines) is 1. The Bertz CT molecular complexity index is 745. The number of carbonyl (C=O) groups excluding carboxylic acids is 1. The van der Waals surface area contributed by atoms with Gasteiger partial charge >= 0.3 is 6.09 Å². The highest BCUT2D eigenvalue weighted by atomic mass is 19.3. The number of piperidine rings is 1. The van der Waals surface area contributed by atoms with E-state index in [-0.39, 0.29) is 23.4 Å². The van der Waals surface area contributed by atoms with Crippen LogP contribution in [0.3, 0.4) is 0 Å². The summed E-state index contributed by atoms with van der Waals surface area (Å²) in [5.41, 5.74) is -2.11. The zero-order valence-electron chi connectivity index (χ0n) is 16.0. The zero-order valence-corrected chi connectivity index (χ0v) is 16.0. The van der Waals surface area contributed by atoms with E-state index in [1.807, 2.05) is 0 Å². The molecule has 1 saturated heterocycles. The Labute approximate surface area is 161 Å². The molecule has 1 aliphatic carbocycles. The summed E-state index contributed by atoms with van der Waals surface area (Å²) in [6.45, 7) is 6.36. The van der Waals surface area contributed by atoms with E-state index in [4.69, 9.17) is 10.1 Å². The number of hydrogen-bond acceptors (Lipinski definition) is 6. The van der Waals surface area contributed by atoms with Crippen molar-refractivity contribution in [3.8, 4) is 0 Å². The second-order valence-electron chi connectivity index (χ2n) is 7.61. The van der Waals surface area contributed by atoms with E-state index < -0.39 is 28.2 Å². The van der Waals surface area contributed by atoms with E-state index >= 15 is 0 Å². The highest BCUT2D eigenvalue weighted by molar-refractivity contribution is 6.10. The Morgan fingerprint density at radius 1 is 1.39 bits per heavy atom. The number of halogens is 2. The average Bonchev–Trinajstić information content (AvgIpc) is 2.59. The van der Waals surface area contributed by atoms with Crippen LogP contribution < -0.4 is 5.32 Å². The maximum atomic E-state index is 12.9. The molecule has 0 aromatic heterocycles. The van der Waals surface area contributed by atoms with Gasteiger partial charge < -0.3 is 20.4 Å². The lowest BCUT2D eigenvalue weighted by Gasteiger charge is -2.33. The standard InChI is InChI=1S/C18H24F2N4O4/c1-18(2,3)28-17(25)23-6-4-12(5-7-23)22-10-11-8-15(24(26)27)13(16(19)20)9-14(11)21/h8-10,12,16,21-22H,4-7H2,1-3H3/b11-10-,21-14?. The van der Waals surface area contributed by atoms with Crippen molar-refractivity contribution in [2.45, 2.75) is 51.7 Å². The summed E-state index contributed by atoms with van der Waals surface area (Å²) in [6.07, 6.45) is 1.08. The van der Waals surface area contributed by atoms with Crippen molar-refractivity contribution in [3.63, 3.8) is 0 Å². The molecule has 10 heteroatoms. The predicted octanol–water partition coefficient (Wildman–Crippen LogP) is 3.24. The summed E-state index contributed by atoms with van der Waals surface area (Å²) in [4.78, 5) is 23.8. The van der Waals surface area contributed by atoms with Crippen molar-refractivity contribution in [2.24, 2.45) is 0 Å². The van der Waals surface area contributed by atoms with Gasteiger partial charge in [-0.25, -0.2) is 13.6 Å². The van der Waals surface area contributed by atoms with Gasteiger partial charge in [0.1, 0.15) is 5.60 Å². The smallest absolute Gasteiger partial charge is 0.410 e. The van der Waals surface area contributed by atoms with Crippen molar-refractivity contribution in [1.29, 1.82) is 5.41 Å². The largest absolute Gasteiger partial charge is 0.444 e. The number of rotatable bonds is 4. The lowest BCUT2D eigenvalue weighted by atomic mass is 9.98. The highest BCUT2D eigenvalue weighted by Gasteiger charge is 2.31. The Balaban J connectivity index is 1.97. The van der Waals surface area contributed by atoms with Gasteiger partial charge in [-0.15, -0.1) is 0 Å². The Hall–Kier alpha value is -2.78. The lowest BCUT2D eigenvalue weighted by molar-refractivity contribution is -0.422. The molecule has 0 atom stereocenters. The minimum absolute atomic E-state index is 0.00748. The number of amides is 1. The van der Waals surface area contributed by atoms with E-state index in [0.717, 1.165) is 12.2 Å². The predicted molar refractivity (Wildman–Crippen MR) is 98.9 cm³/mol. The number of ether oxygens (including phenoxy) is 1. The van der Waals surface area contributed by atoms with Crippen LogP contribution >= 0.6 is 0 Å². The van der Waals surface area contributed by atoms with Crippen LogP contribution in [0.4, 0.5) is 13.6 Å². The van der Waals surface area contributed by atoms with Gasteiger partial charge in [-0.1, -0.05) is 0 Å². The van der Waals surface area contributed by atoms with Crippen molar-refractivity contribution in [3.05, 3.63) is 45.3 Å². The molecule has 1 fully saturated rings. The van der Waals surface area contributed by atoms with Gasteiger partial charge in [-0.3, -0.25) is 10.1 Å². The fourth-order valence-electron chi connectivity index (χ4n) is 2.84. The maximum Gasteiger partial charge on any atom is 0.410 e. The van der Waals surface area contributed by atoms with Gasteiger partial charge in [-0.2, -0.15) is 0 Å². The molecule has 0 bridgehead atoms. The van der Waals surface area contributed by atoms with Crippen LogP contribution in [-0.4, -0.2) is 52.8 Å². The molecule has 2 rings (SSSR count). The van der Waals surface area contributed by atoms with Crippen LogP contribution in [0, 0.1) is 15.5 Å². The number of nitrogens with zero attached hydrogens (tertiary/aromatic N) is 2. The monoisotopic (exact) mass is 398 g/mol. The van der Waals surface area contributed by atoms with Crippen molar-refractivity contribution in [1.82, 2.24) is 10.2 Å². The molecular weight excluding hydrogens is 374 g/mol. The van der Waals surface area contributed by atoms with Crippen LogP contribution in [0.15, 0.2) is 35.2 Å².